The zero-order valence-electron chi connectivity index (χ0n) is 10.7. The third-order valence-electron chi connectivity index (χ3n) is 2.93. The second-order valence-electron chi connectivity index (χ2n) is 4.52. The number of rotatable bonds is 5. The van der Waals surface area contributed by atoms with Gasteiger partial charge in [-0.1, -0.05) is 13.3 Å². The molecular formula is C12H23N3O2. The lowest BCUT2D eigenvalue weighted by atomic mass is 10.0. The molecule has 2 amide bonds. The Morgan fingerprint density at radius 1 is 1.41 bits per heavy atom. The van der Waals surface area contributed by atoms with E-state index in [1.54, 1.807) is 6.92 Å². The van der Waals surface area contributed by atoms with Gasteiger partial charge in [-0.05, 0) is 32.7 Å². The van der Waals surface area contributed by atoms with Gasteiger partial charge in [-0.15, -0.1) is 0 Å². The standard InChI is InChI=1S/C12H23N3O2/c1-3-7-14-11(16)9(2)15-12(17)10-6-4-5-8-13-10/h9-10,13H,3-8H2,1-2H3,(H,14,16)(H,15,17). The van der Waals surface area contributed by atoms with Crippen LogP contribution in [0.4, 0.5) is 0 Å². The number of nitrogens with one attached hydrogen (secondary N) is 3. The molecule has 3 N–H and O–H groups in total. The summed E-state index contributed by atoms with van der Waals surface area (Å²) in [4.78, 5) is 23.4. The van der Waals surface area contributed by atoms with Crippen molar-refractivity contribution in [2.24, 2.45) is 0 Å². The van der Waals surface area contributed by atoms with Gasteiger partial charge in [-0.25, -0.2) is 0 Å². The van der Waals surface area contributed by atoms with E-state index < -0.39 is 6.04 Å². The van der Waals surface area contributed by atoms with Crippen LogP contribution in [0.5, 0.6) is 0 Å². The Kier molecular flexibility index (Phi) is 5.97. The number of carbonyl (C=O) groups is 2. The third kappa shape index (κ3) is 4.73. The molecule has 5 heteroatoms. The quantitative estimate of drug-likeness (QED) is 0.642. The molecule has 1 heterocycles. The molecule has 0 aromatic carbocycles. The third-order valence-corrected chi connectivity index (χ3v) is 2.93. The number of carbonyl (C=O) groups excluding carboxylic acids is 2. The lowest BCUT2D eigenvalue weighted by molar-refractivity contribution is -0.129. The highest BCUT2D eigenvalue weighted by atomic mass is 16.2. The normalized spacial score (nSPS) is 21.6. The van der Waals surface area contributed by atoms with E-state index in [1.807, 2.05) is 6.92 Å². The van der Waals surface area contributed by atoms with Gasteiger partial charge in [0.05, 0.1) is 6.04 Å². The van der Waals surface area contributed by atoms with Crippen LogP contribution in [0.2, 0.25) is 0 Å². The molecule has 1 rings (SSSR count). The van der Waals surface area contributed by atoms with E-state index in [9.17, 15) is 9.59 Å². The molecule has 2 unspecified atom stereocenters. The van der Waals surface area contributed by atoms with Gasteiger partial charge in [0.2, 0.25) is 11.8 Å². The van der Waals surface area contributed by atoms with Gasteiger partial charge in [0, 0.05) is 6.54 Å². The van der Waals surface area contributed by atoms with Crippen LogP contribution in [-0.4, -0.2) is 37.0 Å². The van der Waals surface area contributed by atoms with E-state index in [-0.39, 0.29) is 17.9 Å². The van der Waals surface area contributed by atoms with Crippen LogP contribution < -0.4 is 16.0 Å². The van der Waals surface area contributed by atoms with Crippen molar-refractivity contribution in [3.8, 4) is 0 Å². The van der Waals surface area contributed by atoms with Crippen LogP contribution >= 0.6 is 0 Å². The zero-order chi connectivity index (χ0) is 12.7. The first-order valence-electron chi connectivity index (χ1n) is 6.46. The molecule has 5 nitrogen and oxygen atoms in total. The summed E-state index contributed by atoms with van der Waals surface area (Å²) in [6.45, 7) is 5.25. The molecule has 0 bridgehead atoms. The maximum Gasteiger partial charge on any atom is 0.242 e. The summed E-state index contributed by atoms with van der Waals surface area (Å²) in [6.07, 6.45) is 3.95. The van der Waals surface area contributed by atoms with Crippen molar-refractivity contribution in [1.82, 2.24) is 16.0 Å². The largest absolute Gasteiger partial charge is 0.354 e. The SMILES string of the molecule is CCCNC(=O)C(C)NC(=O)C1CCCCN1. The highest BCUT2D eigenvalue weighted by Gasteiger charge is 2.23. The molecule has 0 aromatic rings. The van der Waals surface area contributed by atoms with Gasteiger partial charge in [-0.3, -0.25) is 9.59 Å². The number of hydrogen-bond acceptors (Lipinski definition) is 3. The second kappa shape index (κ2) is 7.27. The van der Waals surface area contributed by atoms with Crippen molar-refractivity contribution in [2.45, 2.75) is 51.6 Å². The van der Waals surface area contributed by atoms with Crippen LogP contribution in [0, 0.1) is 0 Å². The fourth-order valence-corrected chi connectivity index (χ4v) is 1.86. The second-order valence-corrected chi connectivity index (χ2v) is 4.52. The Morgan fingerprint density at radius 3 is 2.76 bits per heavy atom. The van der Waals surface area contributed by atoms with Crippen molar-refractivity contribution in [3.63, 3.8) is 0 Å². The van der Waals surface area contributed by atoms with Gasteiger partial charge in [0.15, 0.2) is 0 Å². The average Bonchev–Trinajstić information content (AvgIpc) is 2.36. The molecule has 0 aliphatic carbocycles. The van der Waals surface area contributed by atoms with Crippen molar-refractivity contribution >= 4 is 11.8 Å². The smallest absolute Gasteiger partial charge is 0.242 e. The highest BCUT2D eigenvalue weighted by Crippen LogP contribution is 2.06. The first kappa shape index (κ1) is 14.0. The minimum atomic E-state index is -0.460. The summed E-state index contributed by atoms with van der Waals surface area (Å²) in [7, 11) is 0. The van der Waals surface area contributed by atoms with Crippen LogP contribution in [0.1, 0.15) is 39.5 Å². The van der Waals surface area contributed by atoms with E-state index >= 15 is 0 Å². The van der Waals surface area contributed by atoms with Gasteiger partial charge < -0.3 is 16.0 Å². The van der Waals surface area contributed by atoms with E-state index in [1.165, 1.54) is 0 Å². The summed E-state index contributed by atoms with van der Waals surface area (Å²) in [5, 5.41) is 8.67. The number of amides is 2. The van der Waals surface area contributed by atoms with E-state index in [2.05, 4.69) is 16.0 Å². The molecule has 17 heavy (non-hydrogen) atoms. The molecule has 1 saturated heterocycles. The van der Waals surface area contributed by atoms with Crippen molar-refractivity contribution in [3.05, 3.63) is 0 Å². The molecule has 1 aliphatic heterocycles. The molecule has 98 valence electrons. The Hall–Kier alpha value is -1.10. The van der Waals surface area contributed by atoms with Crippen molar-refractivity contribution < 1.29 is 9.59 Å². The minimum absolute atomic E-state index is 0.0659. The molecule has 0 aromatic heterocycles. The Morgan fingerprint density at radius 2 is 2.18 bits per heavy atom. The first-order valence-corrected chi connectivity index (χ1v) is 6.46. The molecule has 2 atom stereocenters. The summed E-state index contributed by atoms with van der Waals surface area (Å²) in [5.74, 6) is -0.181. The molecule has 1 fully saturated rings. The van der Waals surface area contributed by atoms with Crippen LogP contribution in [-0.2, 0) is 9.59 Å². The maximum atomic E-state index is 11.8. The molecular weight excluding hydrogens is 218 g/mol. The maximum absolute atomic E-state index is 11.8. The molecule has 0 spiro atoms. The average molecular weight is 241 g/mol. The van der Waals surface area contributed by atoms with E-state index in [0.717, 1.165) is 32.2 Å². The fraction of sp³-hybridized carbons (Fsp3) is 0.833. The van der Waals surface area contributed by atoms with Crippen molar-refractivity contribution in [1.29, 1.82) is 0 Å². The topological polar surface area (TPSA) is 70.2 Å². The zero-order valence-corrected chi connectivity index (χ0v) is 10.7. The molecule has 1 aliphatic rings. The van der Waals surface area contributed by atoms with E-state index in [4.69, 9.17) is 0 Å². The number of piperidine rings is 1. The molecule has 0 radical (unpaired) electrons. The van der Waals surface area contributed by atoms with Crippen molar-refractivity contribution in [2.75, 3.05) is 13.1 Å². The van der Waals surface area contributed by atoms with E-state index in [0.29, 0.717) is 6.54 Å². The Bertz CT molecular complexity index is 262. The lowest BCUT2D eigenvalue weighted by Crippen LogP contribution is -2.52. The van der Waals surface area contributed by atoms with Crippen LogP contribution in [0.25, 0.3) is 0 Å². The fourth-order valence-electron chi connectivity index (χ4n) is 1.86. The minimum Gasteiger partial charge on any atom is -0.354 e. The predicted octanol–water partition coefficient (Wildman–Crippen LogP) is 0.159. The first-order chi connectivity index (χ1) is 8.15. The molecule has 0 saturated carbocycles. The monoisotopic (exact) mass is 241 g/mol. The van der Waals surface area contributed by atoms with Gasteiger partial charge >= 0.3 is 0 Å². The Balaban J connectivity index is 2.31. The highest BCUT2D eigenvalue weighted by molar-refractivity contribution is 5.89. The Labute approximate surface area is 103 Å². The summed E-state index contributed by atoms with van der Waals surface area (Å²) in [6, 6.07) is -0.594. The summed E-state index contributed by atoms with van der Waals surface area (Å²) < 4.78 is 0. The summed E-state index contributed by atoms with van der Waals surface area (Å²) >= 11 is 0. The predicted molar refractivity (Wildman–Crippen MR) is 66.5 cm³/mol. The van der Waals surface area contributed by atoms with Crippen LogP contribution in [0.3, 0.4) is 0 Å². The van der Waals surface area contributed by atoms with Gasteiger partial charge in [-0.2, -0.15) is 0 Å². The number of hydrogen-bond donors (Lipinski definition) is 3. The van der Waals surface area contributed by atoms with Crippen LogP contribution in [0.15, 0.2) is 0 Å². The van der Waals surface area contributed by atoms with Gasteiger partial charge in [0.1, 0.15) is 6.04 Å². The lowest BCUT2D eigenvalue weighted by Gasteiger charge is -2.24. The summed E-state index contributed by atoms with van der Waals surface area (Å²) in [5.41, 5.74) is 0. The van der Waals surface area contributed by atoms with Gasteiger partial charge in [0.25, 0.3) is 0 Å².